The Morgan fingerprint density at radius 3 is 2.67 bits per heavy atom. The Labute approximate surface area is 131 Å². The van der Waals surface area contributed by atoms with Gasteiger partial charge in [0, 0.05) is 24.4 Å². The van der Waals surface area contributed by atoms with Crippen molar-refractivity contribution < 1.29 is 21.8 Å². The van der Waals surface area contributed by atoms with Crippen molar-refractivity contribution in [3.8, 4) is 0 Å². The second-order valence-electron chi connectivity index (χ2n) is 5.33. The van der Waals surface area contributed by atoms with Gasteiger partial charge in [-0.1, -0.05) is 18.2 Å². The van der Waals surface area contributed by atoms with E-state index in [1.54, 1.807) is 0 Å². The van der Waals surface area contributed by atoms with Crippen LogP contribution in [-0.4, -0.2) is 12.5 Å². The first-order chi connectivity index (χ1) is 9.74. The highest BCUT2D eigenvalue weighted by Crippen LogP contribution is 2.26. The molecule has 4 heteroatoms. The second-order valence-corrected chi connectivity index (χ2v) is 5.33. The van der Waals surface area contributed by atoms with E-state index in [2.05, 4.69) is 6.07 Å². The predicted molar refractivity (Wildman–Crippen MR) is 78.5 cm³/mol. The van der Waals surface area contributed by atoms with E-state index in [0.717, 1.165) is 25.1 Å². The van der Waals surface area contributed by atoms with Gasteiger partial charge in [0.1, 0.15) is 0 Å². The Balaban J connectivity index is 0.00000161. The molecule has 0 fully saturated rings. The SMILES string of the molecule is Cc1cc[n+](CC(=O)N2CCCc3ccccc32)cc1.[Cl-]. The molecule has 0 bridgehead atoms. The lowest BCUT2D eigenvalue weighted by molar-refractivity contribution is -0.684. The summed E-state index contributed by atoms with van der Waals surface area (Å²) in [6.45, 7) is 3.27. The van der Waals surface area contributed by atoms with E-state index in [4.69, 9.17) is 0 Å². The fraction of sp³-hybridized carbons (Fsp3) is 0.294. The number of pyridine rings is 1. The topological polar surface area (TPSA) is 24.2 Å². The molecule has 1 amide bonds. The van der Waals surface area contributed by atoms with Crippen LogP contribution in [0.25, 0.3) is 0 Å². The zero-order valence-corrected chi connectivity index (χ0v) is 12.9. The van der Waals surface area contributed by atoms with Gasteiger partial charge in [-0.3, -0.25) is 4.79 Å². The molecule has 0 atom stereocenters. The van der Waals surface area contributed by atoms with Gasteiger partial charge in [-0.2, -0.15) is 4.57 Å². The first-order valence-corrected chi connectivity index (χ1v) is 7.08. The summed E-state index contributed by atoms with van der Waals surface area (Å²) in [5.74, 6) is 0.158. The number of halogens is 1. The molecule has 3 rings (SSSR count). The van der Waals surface area contributed by atoms with E-state index in [-0.39, 0.29) is 18.3 Å². The Bertz CT molecular complexity index is 625. The van der Waals surface area contributed by atoms with E-state index >= 15 is 0 Å². The molecule has 1 aliphatic heterocycles. The van der Waals surface area contributed by atoms with Crippen LogP contribution in [0.3, 0.4) is 0 Å². The van der Waals surface area contributed by atoms with Gasteiger partial charge < -0.3 is 17.3 Å². The molecule has 0 saturated carbocycles. The maximum Gasteiger partial charge on any atom is 0.292 e. The minimum Gasteiger partial charge on any atom is -1.00 e. The van der Waals surface area contributed by atoms with Crippen molar-refractivity contribution in [2.75, 3.05) is 11.4 Å². The van der Waals surface area contributed by atoms with Crippen LogP contribution in [0.1, 0.15) is 17.5 Å². The third-order valence-electron chi connectivity index (χ3n) is 3.79. The van der Waals surface area contributed by atoms with E-state index < -0.39 is 0 Å². The summed E-state index contributed by atoms with van der Waals surface area (Å²) in [5.41, 5.74) is 3.56. The number of hydrogen-bond donors (Lipinski definition) is 0. The maximum absolute atomic E-state index is 12.5. The molecule has 0 N–H and O–H groups in total. The van der Waals surface area contributed by atoms with Crippen LogP contribution in [0.4, 0.5) is 5.69 Å². The number of benzene rings is 1. The molecule has 3 nitrogen and oxygen atoms in total. The number of amides is 1. The van der Waals surface area contributed by atoms with Gasteiger partial charge in [-0.25, -0.2) is 0 Å². The van der Waals surface area contributed by atoms with Crippen LogP contribution >= 0.6 is 0 Å². The Morgan fingerprint density at radius 1 is 1.19 bits per heavy atom. The number of nitrogens with zero attached hydrogens (tertiary/aromatic N) is 2. The van der Waals surface area contributed by atoms with Crippen molar-refractivity contribution in [2.24, 2.45) is 0 Å². The lowest BCUT2D eigenvalue weighted by Gasteiger charge is -2.28. The summed E-state index contributed by atoms with van der Waals surface area (Å²) in [6, 6.07) is 12.3. The quantitative estimate of drug-likeness (QED) is 0.671. The molecule has 2 aromatic rings. The summed E-state index contributed by atoms with van der Waals surface area (Å²) in [6.07, 6.45) is 6.03. The summed E-state index contributed by atoms with van der Waals surface area (Å²) in [5, 5.41) is 0. The number of para-hydroxylation sites is 1. The number of carbonyl (C=O) groups is 1. The summed E-state index contributed by atoms with van der Waals surface area (Å²) in [7, 11) is 0. The molecule has 0 spiro atoms. The van der Waals surface area contributed by atoms with Crippen LogP contribution in [0.5, 0.6) is 0 Å². The number of rotatable bonds is 2. The molecule has 1 aromatic carbocycles. The Morgan fingerprint density at radius 2 is 1.90 bits per heavy atom. The van der Waals surface area contributed by atoms with Gasteiger partial charge >= 0.3 is 0 Å². The van der Waals surface area contributed by atoms with E-state index in [9.17, 15) is 4.79 Å². The van der Waals surface area contributed by atoms with Crippen LogP contribution in [-0.2, 0) is 17.8 Å². The normalized spacial score (nSPS) is 13.3. The highest BCUT2D eigenvalue weighted by atomic mass is 35.5. The standard InChI is InChI=1S/C17H19N2O.ClH/c1-14-8-11-18(12-9-14)13-17(20)19-10-4-6-15-5-2-3-7-16(15)19;/h2-3,5,7-9,11-12H,4,6,10,13H2,1H3;1H/q+1;/p-1. The van der Waals surface area contributed by atoms with E-state index in [1.807, 2.05) is 59.1 Å². The van der Waals surface area contributed by atoms with Gasteiger partial charge in [0.25, 0.3) is 5.91 Å². The third kappa shape index (κ3) is 3.42. The van der Waals surface area contributed by atoms with Crippen molar-refractivity contribution in [3.63, 3.8) is 0 Å². The van der Waals surface area contributed by atoms with Crippen LogP contribution in [0, 0.1) is 6.92 Å². The fourth-order valence-electron chi connectivity index (χ4n) is 2.67. The Kier molecular flexibility index (Phi) is 4.97. The summed E-state index contributed by atoms with van der Waals surface area (Å²) >= 11 is 0. The first kappa shape index (κ1) is 15.5. The van der Waals surface area contributed by atoms with Crippen LogP contribution in [0.15, 0.2) is 48.8 Å². The van der Waals surface area contributed by atoms with Crippen molar-refractivity contribution in [1.82, 2.24) is 0 Å². The zero-order chi connectivity index (χ0) is 13.9. The Hall–Kier alpha value is -1.87. The number of aryl methyl sites for hydroxylation is 2. The largest absolute Gasteiger partial charge is 1.00 e. The van der Waals surface area contributed by atoms with Crippen molar-refractivity contribution in [2.45, 2.75) is 26.3 Å². The number of anilines is 1. The van der Waals surface area contributed by atoms with Gasteiger partial charge in [0.05, 0.1) is 0 Å². The van der Waals surface area contributed by atoms with Crippen molar-refractivity contribution >= 4 is 11.6 Å². The number of carbonyl (C=O) groups excluding carboxylic acids is 1. The summed E-state index contributed by atoms with van der Waals surface area (Å²) < 4.78 is 1.94. The molecule has 0 aliphatic carbocycles. The molecular weight excluding hydrogens is 284 g/mol. The second kappa shape index (κ2) is 6.72. The maximum atomic E-state index is 12.5. The van der Waals surface area contributed by atoms with E-state index in [1.165, 1.54) is 11.1 Å². The molecular formula is C17H19ClN2O. The first-order valence-electron chi connectivity index (χ1n) is 7.08. The lowest BCUT2D eigenvalue weighted by atomic mass is 10.0. The lowest BCUT2D eigenvalue weighted by Crippen LogP contribution is -3.00. The average Bonchev–Trinajstić information content (AvgIpc) is 2.49. The van der Waals surface area contributed by atoms with E-state index in [0.29, 0.717) is 6.54 Å². The smallest absolute Gasteiger partial charge is 0.292 e. The van der Waals surface area contributed by atoms with Gasteiger partial charge in [0.2, 0.25) is 6.54 Å². The average molecular weight is 303 g/mol. The highest BCUT2D eigenvalue weighted by Gasteiger charge is 2.24. The minimum atomic E-state index is 0. The van der Waals surface area contributed by atoms with Crippen LogP contribution in [0.2, 0.25) is 0 Å². The molecule has 110 valence electrons. The molecule has 0 saturated heterocycles. The molecule has 0 radical (unpaired) electrons. The van der Waals surface area contributed by atoms with Gasteiger partial charge in [0.15, 0.2) is 12.4 Å². The van der Waals surface area contributed by atoms with Gasteiger partial charge in [-0.15, -0.1) is 0 Å². The minimum absolute atomic E-state index is 0. The predicted octanol–water partition coefficient (Wildman–Crippen LogP) is -0.734. The molecule has 21 heavy (non-hydrogen) atoms. The third-order valence-corrected chi connectivity index (χ3v) is 3.79. The van der Waals surface area contributed by atoms with Crippen LogP contribution < -0.4 is 21.9 Å². The number of fused-ring (bicyclic) bond motifs is 1. The molecule has 1 aromatic heterocycles. The monoisotopic (exact) mass is 302 g/mol. The van der Waals surface area contributed by atoms with Crippen molar-refractivity contribution in [1.29, 1.82) is 0 Å². The van der Waals surface area contributed by atoms with Crippen molar-refractivity contribution in [3.05, 3.63) is 59.9 Å². The van der Waals surface area contributed by atoms with Gasteiger partial charge in [-0.05, 0) is 37.0 Å². The zero-order valence-electron chi connectivity index (χ0n) is 12.1. The molecule has 2 heterocycles. The highest BCUT2D eigenvalue weighted by molar-refractivity contribution is 5.93. The number of hydrogen-bond acceptors (Lipinski definition) is 1. The summed E-state index contributed by atoms with van der Waals surface area (Å²) in [4.78, 5) is 14.4. The molecule has 0 unspecified atom stereocenters. The molecule has 1 aliphatic rings. The fourth-order valence-corrected chi connectivity index (χ4v) is 2.67. The number of aromatic nitrogens is 1.